The number of ether oxygens (including phenoxy) is 3. The SMILES string of the molecule is O=C(Nc1ccc(N2CCN(c3ccc(OC[C@@H]4CO[C@@](Cn5cncn5)(c5ccc(Cl)cc5Cl)O4)cc3)CC2)cc1)C(/C=C/Cl)C/C=C/C(F)(F)F. The van der Waals surface area contributed by atoms with Crippen LogP contribution in [0.2, 0.25) is 10.0 Å². The lowest BCUT2D eigenvalue weighted by Crippen LogP contribution is -2.46. The number of hydrogen-bond acceptors (Lipinski definition) is 8. The Morgan fingerprint density at radius 1 is 1.02 bits per heavy atom. The lowest BCUT2D eigenvalue weighted by molar-refractivity contribution is -0.190. The lowest BCUT2D eigenvalue weighted by Gasteiger charge is -2.37. The molecule has 280 valence electrons. The predicted octanol–water partition coefficient (Wildman–Crippen LogP) is 8.07. The van der Waals surface area contributed by atoms with E-state index >= 15 is 0 Å². The molecule has 0 radical (unpaired) electrons. The number of nitrogens with zero attached hydrogens (tertiary/aromatic N) is 5. The van der Waals surface area contributed by atoms with E-state index in [0.29, 0.717) is 27.0 Å². The summed E-state index contributed by atoms with van der Waals surface area (Å²) >= 11 is 18.3. The first kappa shape index (κ1) is 38.5. The summed E-state index contributed by atoms with van der Waals surface area (Å²) in [4.78, 5) is 21.3. The third-order valence-corrected chi connectivity index (χ3v) is 9.49. The highest BCUT2D eigenvalue weighted by molar-refractivity contribution is 6.35. The lowest BCUT2D eigenvalue weighted by atomic mass is 10.0. The van der Waals surface area contributed by atoms with Crippen LogP contribution in [0.3, 0.4) is 0 Å². The highest BCUT2D eigenvalue weighted by atomic mass is 35.5. The summed E-state index contributed by atoms with van der Waals surface area (Å²) in [6.45, 7) is 3.94. The topological polar surface area (TPSA) is 94.0 Å². The van der Waals surface area contributed by atoms with Gasteiger partial charge in [-0.1, -0.05) is 53.0 Å². The first-order valence-corrected chi connectivity index (χ1v) is 17.9. The number of halogens is 6. The molecular weight excluding hydrogens is 756 g/mol. The van der Waals surface area contributed by atoms with Crippen LogP contribution in [0.4, 0.5) is 30.2 Å². The van der Waals surface area contributed by atoms with Crippen molar-refractivity contribution in [1.82, 2.24) is 14.8 Å². The molecule has 0 aliphatic carbocycles. The third-order valence-electron chi connectivity index (χ3n) is 8.79. The van der Waals surface area contributed by atoms with Crippen molar-refractivity contribution in [2.45, 2.75) is 31.0 Å². The fourth-order valence-electron chi connectivity index (χ4n) is 6.15. The van der Waals surface area contributed by atoms with Gasteiger partial charge in [-0.25, -0.2) is 9.67 Å². The number of aromatic nitrogens is 3. The van der Waals surface area contributed by atoms with Gasteiger partial charge in [-0.05, 0) is 67.1 Å². The number of piperazine rings is 1. The van der Waals surface area contributed by atoms with Gasteiger partial charge >= 0.3 is 6.18 Å². The van der Waals surface area contributed by atoms with E-state index in [1.165, 1.54) is 12.4 Å². The molecule has 2 saturated heterocycles. The number of amides is 1. The molecule has 1 unspecified atom stereocenters. The van der Waals surface area contributed by atoms with Gasteiger partial charge in [0.15, 0.2) is 0 Å². The Labute approximate surface area is 319 Å². The largest absolute Gasteiger partial charge is 0.491 e. The molecule has 1 aromatic heterocycles. The number of alkyl halides is 3. The fourth-order valence-corrected chi connectivity index (χ4v) is 6.88. The number of carbonyl (C=O) groups is 1. The van der Waals surface area contributed by atoms with E-state index in [-0.39, 0.29) is 38.4 Å². The molecule has 4 aromatic rings. The molecule has 53 heavy (non-hydrogen) atoms. The van der Waals surface area contributed by atoms with Gasteiger partial charge in [0.1, 0.15) is 37.7 Å². The van der Waals surface area contributed by atoms with Gasteiger partial charge in [-0.15, -0.1) is 0 Å². The van der Waals surface area contributed by atoms with E-state index in [1.807, 2.05) is 36.4 Å². The molecule has 3 atom stereocenters. The highest BCUT2D eigenvalue weighted by Crippen LogP contribution is 2.40. The second-order valence-electron chi connectivity index (χ2n) is 12.4. The van der Waals surface area contributed by atoms with E-state index in [1.54, 1.807) is 41.3 Å². The Balaban J connectivity index is 0.978. The number of benzene rings is 3. The number of carbonyl (C=O) groups excluding carboxylic acids is 1. The number of hydrogen-bond donors (Lipinski definition) is 1. The van der Waals surface area contributed by atoms with Crippen molar-refractivity contribution in [2.75, 3.05) is 54.5 Å². The molecule has 2 fully saturated rings. The second kappa shape index (κ2) is 17.3. The molecule has 0 spiro atoms. The number of anilines is 3. The first-order chi connectivity index (χ1) is 25.5. The van der Waals surface area contributed by atoms with Crippen molar-refractivity contribution in [2.24, 2.45) is 5.92 Å². The number of allylic oxidation sites excluding steroid dienone is 2. The van der Waals surface area contributed by atoms with Crippen molar-refractivity contribution in [3.05, 3.63) is 119 Å². The summed E-state index contributed by atoms with van der Waals surface area (Å²) in [6, 6.07) is 20.5. The van der Waals surface area contributed by atoms with Gasteiger partial charge in [-0.3, -0.25) is 4.79 Å². The van der Waals surface area contributed by atoms with Gasteiger partial charge in [0, 0.05) is 65.4 Å². The average molecular weight is 792 g/mol. The Morgan fingerprint density at radius 2 is 1.70 bits per heavy atom. The summed E-state index contributed by atoms with van der Waals surface area (Å²) in [7, 11) is 0. The van der Waals surface area contributed by atoms with Gasteiger partial charge in [0.2, 0.25) is 11.7 Å². The van der Waals surface area contributed by atoms with Crippen LogP contribution in [0.1, 0.15) is 12.0 Å². The van der Waals surface area contributed by atoms with Crippen LogP contribution in [-0.4, -0.2) is 72.3 Å². The van der Waals surface area contributed by atoms with E-state index in [4.69, 9.17) is 49.0 Å². The van der Waals surface area contributed by atoms with Crippen molar-refractivity contribution in [3.63, 3.8) is 0 Å². The normalized spacial score (nSPS) is 20.0. The monoisotopic (exact) mass is 790 g/mol. The van der Waals surface area contributed by atoms with E-state index in [2.05, 4.69) is 25.2 Å². The Kier molecular flexibility index (Phi) is 12.5. The molecule has 16 heteroatoms. The molecule has 1 N–H and O–H groups in total. The number of nitrogens with one attached hydrogen (secondary N) is 1. The van der Waals surface area contributed by atoms with Crippen LogP contribution in [0.15, 0.2) is 103 Å². The molecular formula is C37H36Cl3F3N6O4. The molecule has 1 amide bonds. The van der Waals surface area contributed by atoms with E-state index in [9.17, 15) is 18.0 Å². The van der Waals surface area contributed by atoms with E-state index in [0.717, 1.165) is 49.2 Å². The predicted molar refractivity (Wildman–Crippen MR) is 199 cm³/mol. The summed E-state index contributed by atoms with van der Waals surface area (Å²) in [5.74, 6) is -1.78. The summed E-state index contributed by atoms with van der Waals surface area (Å²) in [5, 5.41) is 7.89. The van der Waals surface area contributed by atoms with Crippen LogP contribution in [0, 0.1) is 5.92 Å². The molecule has 0 saturated carbocycles. The van der Waals surface area contributed by atoms with Gasteiger partial charge in [0.25, 0.3) is 0 Å². The molecule has 2 aliphatic rings. The highest BCUT2D eigenvalue weighted by Gasteiger charge is 2.45. The molecule has 10 nitrogen and oxygen atoms in total. The third kappa shape index (κ3) is 10.2. The molecule has 6 rings (SSSR count). The number of rotatable bonds is 13. The average Bonchev–Trinajstić information content (AvgIpc) is 3.81. The molecule has 3 aromatic carbocycles. The van der Waals surface area contributed by atoms with Gasteiger partial charge < -0.3 is 29.3 Å². The Bertz CT molecular complexity index is 1870. The van der Waals surface area contributed by atoms with Crippen LogP contribution in [-0.2, 0) is 26.6 Å². The zero-order valence-corrected chi connectivity index (χ0v) is 30.5. The van der Waals surface area contributed by atoms with E-state index < -0.39 is 23.8 Å². The molecule has 2 aliphatic heterocycles. The maximum atomic E-state index is 12.7. The summed E-state index contributed by atoms with van der Waals surface area (Å²) in [6.07, 6.45) is 0.475. The van der Waals surface area contributed by atoms with Gasteiger partial charge in [0.05, 0.1) is 17.5 Å². The Morgan fingerprint density at radius 3 is 2.30 bits per heavy atom. The smallest absolute Gasteiger partial charge is 0.409 e. The summed E-state index contributed by atoms with van der Waals surface area (Å²) in [5.41, 5.74) is 4.38. The van der Waals surface area contributed by atoms with Crippen LogP contribution >= 0.6 is 34.8 Å². The second-order valence-corrected chi connectivity index (χ2v) is 13.5. The van der Waals surface area contributed by atoms with Crippen molar-refractivity contribution in [3.8, 4) is 5.75 Å². The minimum absolute atomic E-state index is 0.117. The standard InChI is InChI=1S/C37H36Cl3F3N6O4/c38-15-13-26(2-1-14-37(41,42)43)35(50)46-28-4-6-29(7-5-28)47-16-18-48(19-17-47)30-8-10-31(11-9-30)51-21-32-22-52-36(53-32,23-49-25-44-24-45-49)33-12-3-27(39)20-34(33)40/h1,3-15,20,24-26,32H,2,16-19,21-23H2,(H,46,50)/b14-1+,15-13+/t26?,32-,36-/m1/s1. The maximum Gasteiger partial charge on any atom is 0.409 e. The molecule has 0 bridgehead atoms. The van der Waals surface area contributed by atoms with Crippen molar-refractivity contribution in [1.29, 1.82) is 0 Å². The minimum Gasteiger partial charge on any atom is -0.491 e. The van der Waals surface area contributed by atoms with Crippen LogP contribution in [0.25, 0.3) is 0 Å². The zero-order chi connectivity index (χ0) is 37.4. The quantitative estimate of drug-likeness (QED) is 0.136. The van der Waals surface area contributed by atoms with Crippen LogP contribution in [0.5, 0.6) is 5.75 Å². The van der Waals surface area contributed by atoms with Gasteiger partial charge in [-0.2, -0.15) is 18.3 Å². The van der Waals surface area contributed by atoms with Crippen LogP contribution < -0.4 is 19.9 Å². The first-order valence-electron chi connectivity index (χ1n) is 16.7. The fraction of sp³-hybridized carbons (Fsp3) is 0.324. The minimum atomic E-state index is -4.44. The van der Waals surface area contributed by atoms with Crippen molar-refractivity contribution < 1.29 is 32.2 Å². The maximum absolute atomic E-state index is 12.7. The summed E-state index contributed by atoms with van der Waals surface area (Å²) < 4.78 is 57.9. The molecule has 3 heterocycles. The van der Waals surface area contributed by atoms with Crippen molar-refractivity contribution >= 4 is 57.8 Å². The Hall–Kier alpha value is -4.27. The zero-order valence-electron chi connectivity index (χ0n) is 28.3.